The summed E-state index contributed by atoms with van der Waals surface area (Å²) < 4.78 is 0. The minimum absolute atomic E-state index is 0. The average Bonchev–Trinajstić information content (AvgIpc) is 2.10. The van der Waals surface area contributed by atoms with Gasteiger partial charge in [0.2, 0.25) is 0 Å². The van der Waals surface area contributed by atoms with Crippen LogP contribution in [0.25, 0.3) is 0 Å². The predicted molar refractivity (Wildman–Crippen MR) is 64.9 cm³/mol. The molecule has 1 unspecified atom stereocenters. The third kappa shape index (κ3) is 9.21. The van der Waals surface area contributed by atoms with Gasteiger partial charge >= 0.3 is 0 Å². The van der Waals surface area contributed by atoms with Crippen LogP contribution in [0.5, 0.6) is 0 Å². The first-order chi connectivity index (χ1) is 6.93. The lowest BCUT2D eigenvalue weighted by Gasteiger charge is -2.05. The van der Waals surface area contributed by atoms with E-state index in [1.54, 1.807) is 5.43 Å². The van der Waals surface area contributed by atoms with Crippen molar-refractivity contribution in [2.75, 3.05) is 6.54 Å². The van der Waals surface area contributed by atoms with Crippen molar-refractivity contribution in [3.63, 3.8) is 0 Å². The molecule has 0 saturated carbocycles. The van der Waals surface area contributed by atoms with Crippen LogP contribution in [-0.4, -0.2) is 29.4 Å². The van der Waals surface area contributed by atoms with Gasteiger partial charge in [-0.05, 0) is 19.8 Å². The third-order valence-corrected chi connectivity index (χ3v) is 1.68. The van der Waals surface area contributed by atoms with Crippen molar-refractivity contribution < 1.29 is 9.83 Å². The normalized spacial score (nSPS) is 12.5. The molecular weight excluding hydrogens is 234 g/mol. The van der Waals surface area contributed by atoms with Gasteiger partial charge in [0.1, 0.15) is 5.78 Å². The Morgan fingerprint density at radius 2 is 2.19 bits per heavy atom. The fourth-order valence-corrected chi connectivity index (χ4v) is 0.843. The summed E-state index contributed by atoms with van der Waals surface area (Å²) in [6.45, 7) is 1.71. The number of nitrogens with two attached hydrogens (primary N) is 2. The molecule has 0 rings (SSSR count). The number of nitro groups is 1. The molecule has 0 aromatic heterocycles. The number of carbonyl (C=O) groups excluding carboxylic acids is 1. The number of Topliss-reactive ketones (excluding diaryl/α,β-unsaturated/α-hetero) is 1. The number of nitrogens with zero attached hydrogens (tertiary/aromatic N) is 2. The number of hydrogen-bond acceptors (Lipinski definition) is 5. The summed E-state index contributed by atoms with van der Waals surface area (Å²) in [5.41, 5.74) is 12.3. The number of nitrogens with one attached hydrogen (secondary N) is 1. The van der Waals surface area contributed by atoms with Crippen molar-refractivity contribution in [3.8, 4) is 0 Å². The third-order valence-electron chi connectivity index (χ3n) is 1.68. The summed E-state index contributed by atoms with van der Waals surface area (Å²) in [5.74, 6) is -0.341. The molecule has 0 aromatic carbocycles. The summed E-state index contributed by atoms with van der Waals surface area (Å²) in [4.78, 5) is 24.3. The van der Waals surface area contributed by atoms with Gasteiger partial charge in [0, 0.05) is 6.54 Å². The van der Waals surface area contributed by atoms with Gasteiger partial charge in [-0.1, -0.05) is 5.43 Å². The highest BCUT2D eigenvalue weighted by molar-refractivity contribution is 7.59. The second-order valence-electron chi connectivity index (χ2n) is 3.00. The largest absolute Gasteiger partial charge is 0.365 e. The van der Waals surface area contributed by atoms with Gasteiger partial charge in [0.25, 0.3) is 5.96 Å². The van der Waals surface area contributed by atoms with Gasteiger partial charge in [-0.25, -0.2) is 15.1 Å². The molecule has 0 aromatic rings. The lowest BCUT2D eigenvalue weighted by atomic mass is 10.1. The Hall–Kier alpha value is -1.35. The molecule has 5 N–H and O–H groups in total. The zero-order chi connectivity index (χ0) is 11.8. The van der Waals surface area contributed by atoms with E-state index in [9.17, 15) is 14.9 Å². The molecule has 94 valence electrons. The maximum Gasteiger partial charge on any atom is 0.251 e. The van der Waals surface area contributed by atoms with E-state index in [2.05, 4.69) is 4.99 Å². The molecule has 0 radical (unpaired) electrons. The van der Waals surface area contributed by atoms with E-state index >= 15 is 0 Å². The Labute approximate surface area is 100 Å². The molecule has 8 nitrogen and oxygen atoms in total. The first-order valence-electron chi connectivity index (χ1n) is 4.40. The number of aliphatic imine (C=N–C) groups is 1. The molecule has 16 heavy (non-hydrogen) atoms. The standard InChI is InChI=1S/C7H15N5O3.H2S/c1-5(13)6(8)3-2-4-10-7(9)11-12(14)15;/h6H,2-4,8H2,1H3,(H3,9,10,11);1H2. The molecule has 0 aliphatic heterocycles. The van der Waals surface area contributed by atoms with Crippen molar-refractivity contribution in [3.05, 3.63) is 10.1 Å². The highest BCUT2D eigenvalue weighted by Crippen LogP contribution is 1.95. The van der Waals surface area contributed by atoms with E-state index < -0.39 is 11.1 Å². The highest BCUT2D eigenvalue weighted by atomic mass is 32.1. The molecule has 0 fully saturated rings. The van der Waals surface area contributed by atoms with Crippen LogP contribution >= 0.6 is 13.5 Å². The fourth-order valence-electron chi connectivity index (χ4n) is 0.843. The minimum atomic E-state index is -0.792. The van der Waals surface area contributed by atoms with E-state index in [0.29, 0.717) is 19.4 Å². The monoisotopic (exact) mass is 251 g/mol. The number of hydrazine groups is 1. The van der Waals surface area contributed by atoms with Crippen molar-refractivity contribution in [2.45, 2.75) is 25.8 Å². The maximum atomic E-state index is 10.7. The van der Waals surface area contributed by atoms with Crippen LogP contribution in [0.2, 0.25) is 0 Å². The molecule has 1 atom stereocenters. The minimum Gasteiger partial charge on any atom is -0.365 e. The van der Waals surface area contributed by atoms with Crippen LogP contribution in [0.3, 0.4) is 0 Å². The first-order valence-corrected chi connectivity index (χ1v) is 4.40. The lowest BCUT2D eigenvalue weighted by molar-refractivity contribution is -0.525. The average molecular weight is 251 g/mol. The zero-order valence-electron chi connectivity index (χ0n) is 8.97. The Balaban J connectivity index is 0. The topological polar surface area (TPSA) is 137 Å². The van der Waals surface area contributed by atoms with Gasteiger partial charge in [-0.3, -0.25) is 4.79 Å². The highest BCUT2D eigenvalue weighted by Gasteiger charge is 2.06. The summed E-state index contributed by atoms with van der Waals surface area (Å²) in [7, 11) is 0. The molecule has 0 bridgehead atoms. The molecule has 0 heterocycles. The summed E-state index contributed by atoms with van der Waals surface area (Å²) in [6.07, 6.45) is 1.05. The number of guanidine groups is 1. The quantitative estimate of drug-likeness (QED) is 0.180. The molecule has 0 spiro atoms. The smallest absolute Gasteiger partial charge is 0.251 e. The molecular formula is C7H17N5O3S. The number of rotatable bonds is 6. The van der Waals surface area contributed by atoms with E-state index in [1.807, 2.05) is 0 Å². The maximum absolute atomic E-state index is 10.7. The number of hydrogen-bond donors (Lipinski definition) is 3. The molecule has 0 amide bonds. The first kappa shape index (κ1) is 17.1. The fraction of sp³-hybridized carbons (Fsp3) is 0.714. The lowest BCUT2D eigenvalue weighted by Crippen LogP contribution is -2.36. The van der Waals surface area contributed by atoms with Crippen molar-refractivity contribution >= 4 is 25.2 Å². The Morgan fingerprint density at radius 1 is 1.62 bits per heavy atom. The molecule has 0 saturated heterocycles. The summed E-state index contributed by atoms with van der Waals surface area (Å²) in [6, 6.07) is -0.495. The van der Waals surface area contributed by atoms with Gasteiger partial charge in [-0.2, -0.15) is 13.5 Å². The van der Waals surface area contributed by atoms with Crippen molar-refractivity contribution in [2.24, 2.45) is 16.5 Å². The predicted octanol–water partition coefficient (Wildman–Crippen LogP) is -1.11. The van der Waals surface area contributed by atoms with Gasteiger partial charge < -0.3 is 11.5 Å². The number of ketones is 1. The number of carbonyl (C=O) groups is 1. The summed E-state index contributed by atoms with van der Waals surface area (Å²) in [5, 5.41) is 9.12. The van der Waals surface area contributed by atoms with Crippen LogP contribution in [0.1, 0.15) is 19.8 Å². The Morgan fingerprint density at radius 3 is 2.62 bits per heavy atom. The molecule has 0 aliphatic carbocycles. The Bertz CT molecular complexity index is 271. The molecule has 0 aliphatic rings. The van der Waals surface area contributed by atoms with Crippen LogP contribution in [0.4, 0.5) is 0 Å². The van der Waals surface area contributed by atoms with Gasteiger partial charge in [0.05, 0.1) is 6.04 Å². The van der Waals surface area contributed by atoms with E-state index in [0.717, 1.165) is 0 Å². The van der Waals surface area contributed by atoms with Gasteiger partial charge in [0.15, 0.2) is 5.03 Å². The van der Waals surface area contributed by atoms with Crippen molar-refractivity contribution in [1.82, 2.24) is 5.43 Å². The summed E-state index contributed by atoms with van der Waals surface area (Å²) >= 11 is 0. The SMILES string of the molecule is CC(=O)C(N)CCCN=C(N)N[N+](=O)[O-].S. The van der Waals surface area contributed by atoms with Crippen LogP contribution in [0.15, 0.2) is 4.99 Å². The van der Waals surface area contributed by atoms with Crippen LogP contribution < -0.4 is 16.9 Å². The van der Waals surface area contributed by atoms with E-state index in [4.69, 9.17) is 11.5 Å². The second kappa shape index (κ2) is 8.92. The zero-order valence-corrected chi connectivity index (χ0v) is 9.97. The second-order valence-corrected chi connectivity index (χ2v) is 3.00. The van der Waals surface area contributed by atoms with E-state index in [1.165, 1.54) is 6.92 Å². The van der Waals surface area contributed by atoms with E-state index in [-0.39, 0.29) is 25.2 Å². The Kier molecular flexibility index (Phi) is 9.51. The van der Waals surface area contributed by atoms with Gasteiger partial charge in [-0.15, -0.1) is 0 Å². The van der Waals surface area contributed by atoms with Crippen molar-refractivity contribution in [1.29, 1.82) is 0 Å². The molecule has 9 heteroatoms. The van der Waals surface area contributed by atoms with Crippen LogP contribution in [0, 0.1) is 10.1 Å². The van der Waals surface area contributed by atoms with Crippen LogP contribution in [-0.2, 0) is 4.79 Å².